The molecule has 4 amide bonds. The third kappa shape index (κ3) is 6.19. The first-order chi connectivity index (χ1) is 12.8. The molecule has 4 N–H and O–H groups in total. The highest BCUT2D eigenvalue weighted by atomic mass is 16.5. The Bertz CT molecular complexity index is 631. The molecule has 0 aromatic heterocycles. The van der Waals surface area contributed by atoms with Crippen molar-refractivity contribution in [3.63, 3.8) is 0 Å². The first-order valence-electron chi connectivity index (χ1n) is 9.50. The Labute approximate surface area is 166 Å². The number of nitrogens with one attached hydrogen (secondary N) is 3. The smallest absolute Gasteiger partial charge is 0.322 e. The summed E-state index contributed by atoms with van der Waals surface area (Å²) < 4.78 is 5.00. The molecule has 0 spiro atoms. The predicted molar refractivity (Wildman–Crippen MR) is 102 cm³/mol. The molecule has 1 saturated heterocycles. The first-order valence-corrected chi connectivity index (χ1v) is 9.50. The SMILES string of the molecule is CCC(CC(C)(C)C(=O)OCCO)C(=O)NC(C)(C)CC1(C)NC(=O)NC1=O. The fourth-order valence-electron chi connectivity index (χ4n) is 3.52. The maximum atomic E-state index is 12.8. The third-order valence-corrected chi connectivity index (χ3v) is 4.87. The number of rotatable bonds is 10. The number of hydrogen-bond donors (Lipinski definition) is 4. The Morgan fingerprint density at radius 3 is 2.32 bits per heavy atom. The molecular weight excluding hydrogens is 366 g/mol. The first kappa shape index (κ1) is 23.9. The van der Waals surface area contributed by atoms with Gasteiger partial charge in [0.2, 0.25) is 5.91 Å². The molecule has 1 rings (SSSR count). The van der Waals surface area contributed by atoms with Crippen molar-refractivity contribution < 1.29 is 29.0 Å². The van der Waals surface area contributed by atoms with E-state index >= 15 is 0 Å². The summed E-state index contributed by atoms with van der Waals surface area (Å²) in [6.07, 6.45) is 1.01. The van der Waals surface area contributed by atoms with Gasteiger partial charge in [-0.25, -0.2) is 4.79 Å². The quantitative estimate of drug-likeness (QED) is 0.318. The Morgan fingerprint density at radius 1 is 1.25 bits per heavy atom. The zero-order valence-electron chi connectivity index (χ0n) is 17.6. The number of ether oxygens (including phenoxy) is 1. The Morgan fingerprint density at radius 2 is 1.86 bits per heavy atom. The van der Waals surface area contributed by atoms with E-state index in [-0.39, 0.29) is 32.0 Å². The normalized spacial score (nSPS) is 21.0. The zero-order chi connectivity index (χ0) is 21.8. The summed E-state index contributed by atoms with van der Waals surface area (Å²) in [4.78, 5) is 48.5. The van der Waals surface area contributed by atoms with Crippen molar-refractivity contribution >= 4 is 23.8 Å². The largest absolute Gasteiger partial charge is 0.463 e. The molecule has 2 unspecified atom stereocenters. The molecule has 0 saturated carbocycles. The molecule has 1 fully saturated rings. The van der Waals surface area contributed by atoms with Crippen molar-refractivity contribution in [3.05, 3.63) is 0 Å². The Kier molecular flexibility index (Phi) is 7.59. The van der Waals surface area contributed by atoms with E-state index in [2.05, 4.69) is 16.0 Å². The molecule has 9 heteroatoms. The van der Waals surface area contributed by atoms with Gasteiger partial charge in [0.15, 0.2) is 0 Å². The van der Waals surface area contributed by atoms with E-state index in [1.165, 1.54) is 0 Å². The standard InChI is InChI=1S/C19H33N3O6/c1-7-12(10-17(2,3)15(26)28-9-8-23)13(24)21-18(4,5)11-19(6)14(25)20-16(27)22-19/h12,23H,7-11H2,1-6H3,(H,21,24)(H2,20,22,25,27). The maximum Gasteiger partial charge on any atom is 0.322 e. The average Bonchev–Trinajstić information content (AvgIpc) is 2.80. The van der Waals surface area contributed by atoms with Gasteiger partial charge in [-0.2, -0.15) is 0 Å². The van der Waals surface area contributed by atoms with Crippen LogP contribution >= 0.6 is 0 Å². The average molecular weight is 399 g/mol. The lowest BCUT2D eigenvalue weighted by Gasteiger charge is -2.35. The molecule has 1 aliphatic rings. The highest BCUT2D eigenvalue weighted by molar-refractivity contribution is 6.06. The molecule has 0 aromatic rings. The number of carbonyl (C=O) groups is 4. The van der Waals surface area contributed by atoms with Crippen molar-refractivity contribution in [2.75, 3.05) is 13.2 Å². The van der Waals surface area contributed by atoms with E-state index in [0.717, 1.165) is 0 Å². The van der Waals surface area contributed by atoms with E-state index < -0.39 is 40.3 Å². The fraction of sp³-hybridized carbons (Fsp3) is 0.789. The van der Waals surface area contributed by atoms with Crippen LogP contribution in [-0.4, -0.2) is 53.2 Å². The van der Waals surface area contributed by atoms with E-state index in [0.29, 0.717) is 6.42 Å². The summed E-state index contributed by atoms with van der Waals surface area (Å²) in [6, 6.07) is -0.552. The molecule has 2 atom stereocenters. The van der Waals surface area contributed by atoms with Crippen LogP contribution in [0.5, 0.6) is 0 Å². The number of carbonyl (C=O) groups excluding carboxylic acids is 4. The lowest BCUT2D eigenvalue weighted by molar-refractivity contribution is -0.156. The Balaban J connectivity index is 2.78. The molecule has 0 bridgehead atoms. The van der Waals surface area contributed by atoms with E-state index in [1.807, 2.05) is 6.92 Å². The number of amides is 4. The topological polar surface area (TPSA) is 134 Å². The van der Waals surface area contributed by atoms with Gasteiger partial charge in [-0.1, -0.05) is 6.92 Å². The predicted octanol–water partition coefficient (Wildman–Crippen LogP) is 0.847. The van der Waals surface area contributed by atoms with Gasteiger partial charge < -0.3 is 20.5 Å². The van der Waals surface area contributed by atoms with Crippen LogP contribution in [0.15, 0.2) is 0 Å². The van der Waals surface area contributed by atoms with Crippen molar-refractivity contribution in [1.29, 1.82) is 0 Å². The highest BCUT2D eigenvalue weighted by Crippen LogP contribution is 2.30. The van der Waals surface area contributed by atoms with Crippen molar-refractivity contribution in [1.82, 2.24) is 16.0 Å². The van der Waals surface area contributed by atoms with E-state index in [9.17, 15) is 19.2 Å². The number of esters is 1. The Hall–Kier alpha value is -2.16. The van der Waals surface area contributed by atoms with Gasteiger partial charge in [-0.15, -0.1) is 0 Å². The van der Waals surface area contributed by atoms with Gasteiger partial charge in [-0.05, 0) is 47.5 Å². The second kappa shape index (κ2) is 8.89. The van der Waals surface area contributed by atoms with Gasteiger partial charge in [0.1, 0.15) is 12.1 Å². The molecular formula is C19H33N3O6. The van der Waals surface area contributed by atoms with Crippen LogP contribution in [-0.2, 0) is 19.1 Å². The molecule has 160 valence electrons. The summed E-state index contributed by atoms with van der Waals surface area (Å²) in [7, 11) is 0. The highest BCUT2D eigenvalue weighted by Gasteiger charge is 2.46. The molecule has 1 heterocycles. The van der Waals surface area contributed by atoms with Gasteiger partial charge in [-0.3, -0.25) is 19.7 Å². The van der Waals surface area contributed by atoms with Crippen molar-refractivity contribution in [2.45, 2.75) is 71.9 Å². The second-order valence-corrected chi connectivity index (χ2v) is 8.84. The molecule has 9 nitrogen and oxygen atoms in total. The number of aliphatic hydroxyl groups excluding tert-OH is 1. The van der Waals surface area contributed by atoms with Crippen molar-refractivity contribution in [3.8, 4) is 0 Å². The lowest BCUT2D eigenvalue weighted by atomic mass is 9.80. The number of hydrogen-bond acceptors (Lipinski definition) is 6. The van der Waals surface area contributed by atoms with Gasteiger partial charge in [0, 0.05) is 17.9 Å². The molecule has 0 aromatic carbocycles. The number of urea groups is 1. The minimum atomic E-state index is -1.11. The van der Waals surface area contributed by atoms with Crippen LogP contribution in [0, 0.1) is 11.3 Å². The third-order valence-electron chi connectivity index (χ3n) is 4.87. The molecule has 0 radical (unpaired) electrons. The number of aliphatic hydroxyl groups is 1. The van der Waals surface area contributed by atoms with Crippen LogP contribution in [0.25, 0.3) is 0 Å². The minimum Gasteiger partial charge on any atom is -0.463 e. The molecule has 1 aliphatic heterocycles. The monoisotopic (exact) mass is 399 g/mol. The molecule has 28 heavy (non-hydrogen) atoms. The maximum absolute atomic E-state index is 12.8. The number of imide groups is 1. The van der Waals surface area contributed by atoms with Gasteiger partial charge in [0.25, 0.3) is 5.91 Å². The fourth-order valence-corrected chi connectivity index (χ4v) is 3.52. The van der Waals surface area contributed by atoms with Crippen LogP contribution in [0.3, 0.4) is 0 Å². The van der Waals surface area contributed by atoms with Crippen LogP contribution < -0.4 is 16.0 Å². The van der Waals surface area contributed by atoms with E-state index in [1.54, 1.807) is 34.6 Å². The summed E-state index contributed by atoms with van der Waals surface area (Å²) in [5, 5.41) is 16.5. The summed E-state index contributed by atoms with van der Waals surface area (Å²) in [6.45, 7) is 10.1. The second-order valence-electron chi connectivity index (χ2n) is 8.84. The summed E-state index contributed by atoms with van der Waals surface area (Å²) in [5.41, 5.74) is -2.76. The molecule has 0 aliphatic carbocycles. The summed E-state index contributed by atoms with van der Waals surface area (Å²) >= 11 is 0. The van der Waals surface area contributed by atoms with Crippen LogP contribution in [0.4, 0.5) is 4.79 Å². The van der Waals surface area contributed by atoms with Crippen molar-refractivity contribution in [2.24, 2.45) is 11.3 Å². The van der Waals surface area contributed by atoms with Crippen LogP contribution in [0.1, 0.15) is 60.8 Å². The van der Waals surface area contributed by atoms with Gasteiger partial charge >= 0.3 is 12.0 Å². The lowest BCUT2D eigenvalue weighted by Crippen LogP contribution is -2.55. The van der Waals surface area contributed by atoms with Gasteiger partial charge in [0.05, 0.1) is 12.0 Å². The minimum absolute atomic E-state index is 0.0787. The summed E-state index contributed by atoms with van der Waals surface area (Å²) in [5.74, 6) is -1.57. The zero-order valence-corrected chi connectivity index (χ0v) is 17.6. The van der Waals surface area contributed by atoms with E-state index in [4.69, 9.17) is 9.84 Å². The van der Waals surface area contributed by atoms with Crippen LogP contribution in [0.2, 0.25) is 0 Å².